The topological polar surface area (TPSA) is 290 Å². The van der Waals surface area contributed by atoms with Crippen LogP contribution in [0.15, 0.2) is 12.7 Å². The summed E-state index contributed by atoms with van der Waals surface area (Å²) in [6.07, 6.45) is -3.99. The number of nitrogen functional groups attached to an aromatic ring is 1. The number of ether oxygens (including phenoxy) is 1. The van der Waals surface area contributed by atoms with Crippen molar-refractivity contribution in [1.29, 1.82) is 0 Å². The van der Waals surface area contributed by atoms with Gasteiger partial charge in [-0.1, -0.05) is 0 Å². The number of imidazole rings is 1. The predicted octanol–water partition coefficient (Wildman–Crippen LogP) is -4.16. The summed E-state index contributed by atoms with van der Waals surface area (Å²) in [4.78, 5) is 54.9. The molecule has 18 nitrogen and oxygen atoms in total. The summed E-state index contributed by atoms with van der Waals surface area (Å²) < 4.78 is 50.2. The van der Waals surface area contributed by atoms with E-state index in [9.17, 15) is 43.5 Å². The SMILES string of the molecule is Nc1ncnc2c1ncn2[C@@H]1O[C@H](COP(=O)([O-])OP(=O)([O-])OP(=O)([O-])[O-])[C@@H](O)[C@H]1O.[Zn+2].[Zn+2]. The molecule has 1 fully saturated rings. The molecule has 0 aliphatic carbocycles. The molecule has 1 aliphatic rings. The minimum Gasteiger partial charge on any atom is -0.790 e. The van der Waals surface area contributed by atoms with E-state index in [-0.39, 0.29) is 55.9 Å². The number of aliphatic hydroxyl groups excluding tert-OH is 2. The van der Waals surface area contributed by atoms with Crippen LogP contribution < -0.4 is 25.3 Å². The fraction of sp³-hybridized carbons (Fsp3) is 0.500. The smallest absolute Gasteiger partial charge is 0.790 e. The maximum Gasteiger partial charge on any atom is 2.00 e. The summed E-state index contributed by atoms with van der Waals surface area (Å²) in [6, 6.07) is 0. The first-order chi connectivity index (χ1) is 14.2. The van der Waals surface area contributed by atoms with E-state index in [2.05, 4.69) is 28.1 Å². The van der Waals surface area contributed by atoms with E-state index in [1.54, 1.807) is 0 Å². The molecule has 0 amide bonds. The monoisotopic (exact) mass is 631 g/mol. The van der Waals surface area contributed by atoms with Crippen molar-refractivity contribution in [2.24, 2.45) is 0 Å². The van der Waals surface area contributed by atoms with Crippen molar-refractivity contribution in [2.45, 2.75) is 24.5 Å². The van der Waals surface area contributed by atoms with Gasteiger partial charge >= 0.3 is 39.0 Å². The summed E-state index contributed by atoms with van der Waals surface area (Å²) in [7, 11) is -18.1. The first kappa shape index (κ1) is 30.9. The van der Waals surface area contributed by atoms with Crippen molar-refractivity contribution in [3.05, 3.63) is 12.7 Å². The number of phosphoric ester groups is 1. The summed E-state index contributed by atoms with van der Waals surface area (Å²) in [5, 5.41) is 20.3. The molecule has 3 heterocycles. The van der Waals surface area contributed by atoms with Gasteiger partial charge in [-0.2, -0.15) is 0 Å². The molecule has 6 atom stereocenters. The Morgan fingerprint density at radius 1 is 1.03 bits per heavy atom. The second kappa shape index (κ2) is 11.3. The molecular weight excluding hydrogens is 622 g/mol. The number of fused-ring (bicyclic) bond motifs is 1. The number of nitrogens with zero attached hydrogens (tertiary/aromatic N) is 4. The Morgan fingerprint density at radius 3 is 2.27 bits per heavy atom. The summed E-state index contributed by atoms with van der Waals surface area (Å²) >= 11 is 0. The van der Waals surface area contributed by atoms with E-state index in [1.165, 1.54) is 4.57 Å². The molecule has 33 heavy (non-hydrogen) atoms. The fourth-order valence-electron chi connectivity index (χ4n) is 2.60. The number of nitrogens with two attached hydrogens (primary N) is 1. The van der Waals surface area contributed by atoms with Gasteiger partial charge in [0.15, 0.2) is 17.7 Å². The van der Waals surface area contributed by atoms with Crippen LogP contribution in [0.5, 0.6) is 0 Å². The zero-order valence-corrected chi connectivity index (χ0v) is 24.8. The second-order valence-corrected chi connectivity index (χ2v) is 10.2. The standard InChI is InChI=1S/C10H16N5O13P3.2Zn/c11-8-5-9(13-2-12-8)15(3-14-5)10-7(17)6(16)4(26-10)1-25-30(21,22)28-31(23,24)27-29(18,19)20;;/h2-4,6-7,10,16-17H,1H2,(H,21,22)(H,23,24)(H2,11,12,13)(H2,18,19,20);;/q;2*+2/p-4/t4-,6-,7-,10-;;/m1../s1. The van der Waals surface area contributed by atoms with Gasteiger partial charge in [0.05, 0.1) is 20.8 Å². The fourth-order valence-corrected chi connectivity index (χ4v) is 5.47. The normalized spacial score (nSPS) is 26.7. The van der Waals surface area contributed by atoms with Crippen molar-refractivity contribution in [2.75, 3.05) is 12.3 Å². The van der Waals surface area contributed by atoms with Crippen LogP contribution in [0.1, 0.15) is 6.23 Å². The van der Waals surface area contributed by atoms with Crippen LogP contribution in [-0.2, 0) is 70.5 Å². The molecule has 174 valence electrons. The third-order valence-corrected chi connectivity index (χ3v) is 7.46. The Labute approximate surface area is 209 Å². The average Bonchev–Trinajstić information content (AvgIpc) is 3.13. The molecule has 0 spiro atoms. The van der Waals surface area contributed by atoms with E-state index in [0.29, 0.717) is 0 Å². The maximum absolute atomic E-state index is 11.6. The largest absolute Gasteiger partial charge is 2.00 e. The molecule has 2 unspecified atom stereocenters. The Morgan fingerprint density at radius 2 is 1.67 bits per heavy atom. The molecule has 0 aromatic carbocycles. The number of rotatable bonds is 8. The van der Waals surface area contributed by atoms with Crippen LogP contribution in [0.3, 0.4) is 0 Å². The Hall–Kier alpha value is -0.113. The van der Waals surface area contributed by atoms with Gasteiger partial charge in [-0.15, -0.1) is 0 Å². The maximum atomic E-state index is 11.6. The van der Waals surface area contributed by atoms with Crippen LogP contribution in [0.2, 0.25) is 0 Å². The van der Waals surface area contributed by atoms with Crippen molar-refractivity contribution in [1.82, 2.24) is 19.5 Å². The number of hydrogen-bond acceptors (Lipinski definition) is 17. The summed E-state index contributed by atoms with van der Waals surface area (Å²) in [5.74, 6) is 0.0195. The van der Waals surface area contributed by atoms with E-state index in [1.807, 2.05) is 0 Å². The van der Waals surface area contributed by atoms with Crippen molar-refractivity contribution >= 4 is 40.4 Å². The molecular formula is C10H12N5O13P3Zn2. The van der Waals surface area contributed by atoms with Gasteiger partial charge < -0.3 is 49.3 Å². The molecule has 0 radical (unpaired) electrons. The van der Waals surface area contributed by atoms with Crippen LogP contribution in [0, 0.1) is 0 Å². The predicted molar refractivity (Wildman–Crippen MR) is 86.6 cm³/mol. The molecule has 4 N–H and O–H groups in total. The Bertz CT molecular complexity index is 1120. The minimum atomic E-state index is -6.14. The first-order valence-corrected chi connectivity index (χ1v) is 12.2. The number of hydrogen-bond donors (Lipinski definition) is 3. The van der Waals surface area contributed by atoms with Gasteiger partial charge in [-0.25, -0.2) is 19.3 Å². The molecule has 0 saturated carbocycles. The van der Waals surface area contributed by atoms with Crippen LogP contribution >= 0.6 is 23.5 Å². The third kappa shape index (κ3) is 7.68. The average molecular weight is 634 g/mol. The molecule has 2 aromatic heterocycles. The van der Waals surface area contributed by atoms with Crippen LogP contribution in [0.25, 0.3) is 11.2 Å². The van der Waals surface area contributed by atoms with Gasteiger partial charge in [0.1, 0.15) is 30.2 Å². The number of aromatic nitrogens is 4. The van der Waals surface area contributed by atoms with Gasteiger partial charge in [-0.05, 0) is 0 Å². The van der Waals surface area contributed by atoms with Crippen LogP contribution in [0.4, 0.5) is 5.82 Å². The van der Waals surface area contributed by atoms with Gasteiger partial charge in [0.25, 0.3) is 15.6 Å². The molecule has 1 aliphatic heterocycles. The van der Waals surface area contributed by atoms with Crippen molar-refractivity contribution < 1.29 is 100 Å². The third-order valence-electron chi connectivity index (χ3n) is 3.80. The van der Waals surface area contributed by atoms with Crippen molar-refractivity contribution in [3.63, 3.8) is 0 Å². The van der Waals surface area contributed by atoms with Gasteiger partial charge in [0, 0.05) is 0 Å². The van der Waals surface area contributed by atoms with Gasteiger partial charge in [0.2, 0.25) is 0 Å². The van der Waals surface area contributed by atoms with Crippen LogP contribution in [-0.4, -0.2) is 54.7 Å². The van der Waals surface area contributed by atoms with E-state index in [0.717, 1.165) is 12.7 Å². The first-order valence-electron chi connectivity index (χ1n) is 7.85. The zero-order chi connectivity index (χ0) is 23.2. The molecule has 23 heteroatoms. The summed E-state index contributed by atoms with van der Waals surface area (Å²) in [6.45, 7) is -1.08. The van der Waals surface area contributed by atoms with E-state index < -0.39 is 54.6 Å². The molecule has 2 aromatic rings. The molecule has 1 saturated heterocycles. The van der Waals surface area contributed by atoms with Gasteiger partial charge in [-0.3, -0.25) is 18.0 Å². The Kier molecular flexibility index (Phi) is 10.6. The molecule has 0 bridgehead atoms. The minimum absolute atomic E-state index is 0. The number of anilines is 1. The number of aliphatic hydroxyl groups is 2. The molecule has 3 rings (SSSR count). The Balaban J connectivity index is 0.00000272. The zero-order valence-electron chi connectivity index (χ0n) is 16.2. The second-order valence-electron chi connectivity index (χ2n) is 5.93. The number of phosphoric acid groups is 3. The summed E-state index contributed by atoms with van der Waals surface area (Å²) in [5.41, 5.74) is 5.92. The van der Waals surface area contributed by atoms with E-state index in [4.69, 9.17) is 10.5 Å². The van der Waals surface area contributed by atoms with E-state index >= 15 is 0 Å². The van der Waals surface area contributed by atoms with Crippen molar-refractivity contribution in [3.8, 4) is 0 Å². The quantitative estimate of drug-likeness (QED) is 0.183.